The lowest BCUT2D eigenvalue weighted by Gasteiger charge is -2.32. The summed E-state index contributed by atoms with van der Waals surface area (Å²) in [6, 6.07) is 12.9. The van der Waals surface area contributed by atoms with E-state index in [4.69, 9.17) is 11.6 Å². The molecular formula is C17H13ClN2O4S. The Morgan fingerprint density at radius 1 is 1.08 bits per heavy atom. The predicted octanol–water partition coefficient (Wildman–Crippen LogP) is 1.93. The number of fused-ring (bicyclic) bond motifs is 2. The van der Waals surface area contributed by atoms with Gasteiger partial charge >= 0.3 is 0 Å². The van der Waals surface area contributed by atoms with Crippen molar-refractivity contribution >= 4 is 44.6 Å². The molecular weight excluding hydrogens is 364 g/mol. The van der Waals surface area contributed by atoms with Gasteiger partial charge in [-0.2, -0.15) is 0 Å². The van der Waals surface area contributed by atoms with Crippen LogP contribution in [0.25, 0.3) is 0 Å². The number of hydrogen-bond donors (Lipinski definition) is 0. The number of anilines is 2. The molecule has 2 heterocycles. The summed E-state index contributed by atoms with van der Waals surface area (Å²) >= 11 is 6.02. The lowest BCUT2D eigenvalue weighted by Crippen LogP contribution is -2.53. The molecule has 128 valence electrons. The van der Waals surface area contributed by atoms with Crippen LogP contribution in [0.3, 0.4) is 0 Å². The van der Waals surface area contributed by atoms with Crippen molar-refractivity contribution in [1.82, 2.24) is 0 Å². The molecule has 1 spiro atoms. The van der Waals surface area contributed by atoms with Crippen molar-refractivity contribution in [3.8, 4) is 0 Å². The molecule has 0 aliphatic carbocycles. The van der Waals surface area contributed by atoms with Gasteiger partial charge in [0, 0.05) is 23.3 Å². The zero-order chi connectivity index (χ0) is 18.0. The standard InChI is InChI=1S/C17H13ClN2O4S/c1-19-14-8-3-2-7-13(14)17(16(19)22)20(15(21)10-25(17,23)24)12-6-4-5-11(18)9-12/h2-9H,10H2,1H3. The van der Waals surface area contributed by atoms with Crippen molar-refractivity contribution in [2.45, 2.75) is 4.87 Å². The first-order valence-corrected chi connectivity index (χ1v) is 9.52. The number of rotatable bonds is 1. The summed E-state index contributed by atoms with van der Waals surface area (Å²) in [7, 11) is -2.59. The predicted molar refractivity (Wildman–Crippen MR) is 94.3 cm³/mol. The summed E-state index contributed by atoms with van der Waals surface area (Å²) in [4.78, 5) is 26.1. The van der Waals surface area contributed by atoms with Gasteiger partial charge < -0.3 is 4.90 Å². The molecule has 2 aliphatic heterocycles. The van der Waals surface area contributed by atoms with Gasteiger partial charge in [0.05, 0.1) is 5.69 Å². The molecule has 2 aromatic rings. The van der Waals surface area contributed by atoms with Crippen molar-refractivity contribution in [2.75, 3.05) is 22.6 Å². The SMILES string of the molecule is CN1C(=O)C2(c3ccccc31)N(c1cccc(Cl)c1)C(=O)CS2(=O)=O. The van der Waals surface area contributed by atoms with Gasteiger partial charge in [-0.25, -0.2) is 8.42 Å². The number of para-hydroxylation sites is 1. The van der Waals surface area contributed by atoms with E-state index in [0.717, 1.165) is 4.90 Å². The lowest BCUT2D eigenvalue weighted by atomic mass is 10.0. The molecule has 0 aromatic heterocycles. The van der Waals surface area contributed by atoms with Crippen LogP contribution in [0.4, 0.5) is 11.4 Å². The normalized spacial score (nSPS) is 24.2. The van der Waals surface area contributed by atoms with E-state index in [9.17, 15) is 18.0 Å². The number of carbonyl (C=O) groups excluding carboxylic acids is 2. The van der Waals surface area contributed by atoms with Crippen LogP contribution in [0.5, 0.6) is 0 Å². The Kier molecular flexibility index (Phi) is 3.26. The fourth-order valence-corrected chi connectivity index (χ4v) is 5.85. The summed E-state index contributed by atoms with van der Waals surface area (Å²) in [5.74, 6) is -2.05. The first kappa shape index (κ1) is 16.1. The van der Waals surface area contributed by atoms with E-state index < -0.39 is 32.3 Å². The summed E-state index contributed by atoms with van der Waals surface area (Å²) < 4.78 is 26.1. The maximum Gasteiger partial charge on any atom is 0.273 e. The Morgan fingerprint density at radius 3 is 2.52 bits per heavy atom. The van der Waals surface area contributed by atoms with Crippen LogP contribution in [0, 0.1) is 0 Å². The third-order valence-electron chi connectivity index (χ3n) is 4.62. The molecule has 2 aromatic carbocycles. The average molecular weight is 377 g/mol. The zero-order valence-electron chi connectivity index (χ0n) is 13.1. The monoisotopic (exact) mass is 376 g/mol. The molecule has 25 heavy (non-hydrogen) atoms. The van der Waals surface area contributed by atoms with Crippen molar-refractivity contribution < 1.29 is 18.0 Å². The van der Waals surface area contributed by atoms with E-state index in [1.807, 2.05) is 0 Å². The van der Waals surface area contributed by atoms with Crippen molar-refractivity contribution in [3.05, 3.63) is 59.1 Å². The van der Waals surface area contributed by atoms with E-state index in [0.29, 0.717) is 10.7 Å². The van der Waals surface area contributed by atoms with E-state index in [-0.39, 0.29) is 11.3 Å². The Hall–Kier alpha value is -2.38. The van der Waals surface area contributed by atoms with Gasteiger partial charge in [-0.05, 0) is 24.3 Å². The number of hydrogen-bond acceptors (Lipinski definition) is 4. The highest BCUT2D eigenvalue weighted by Crippen LogP contribution is 2.52. The number of likely N-dealkylation sites (N-methyl/N-ethyl adjacent to an activating group) is 1. The minimum Gasteiger partial charge on any atom is -0.312 e. The van der Waals surface area contributed by atoms with Gasteiger partial charge in [-0.15, -0.1) is 0 Å². The molecule has 1 atom stereocenters. The highest BCUT2D eigenvalue weighted by Gasteiger charge is 2.69. The molecule has 2 aliphatic rings. The van der Waals surface area contributed by atoms with Gasteiger partial charge in [0.25, 0.3) is 10.8 Å². The van der Waals surface area contributed by atoms with Crippen molar-refractivity contribution in [2.24, 2.45) is 0 Å². The van der Waals surface area contributed by atoms with Gasteiger partial charge in [-0.3, -0.25) is 14.5 Å². The van der Waals surface area contributed by atoms with Crippen LogP contribution in [-0.2, 0) is 24.3 Å². The summed E-state index contributed by atoms with van der Waals surface area (Å²) in [5, 5.41) is 0.344. The summed E-state index contributed by atoms with van der Waals surface area (Å²) in [6.45, 7) is 0. The van der Waals surface area contributed by atoms with Crippen LogP contribution < -0.4 is 9.80 Å². The highest BCUT2D eigenvalue weighted by atomic mass is 35.5. The molecule has 0 saturated carbocycles. The fourth-order valence-electron chi connectivity index (χ4n) is 3.61. The van der Waals surface area contributed by atoms with Crippen molar-refractivity contribution in [3.63, 3.8) is 0 Å². The van der Waals surface area contributed by atoms with E-state index >= 15 is 0 Å². The zero-order valence-corrected chi connectivity index (χ0v) is 14.7. The third-order valence-corrected chi connectivity index (χ3v) is 6.96. The van der Waals surface area contributed by atoms with Crippen LogP contribution >= 0.6 is 11.6 Å². The molecule has 8 heteroatoms. The fraction of sp³-hybridized carbons (Fsp3) is 0.176. The Labute approximate surface area is 149 Å². The Bertz CT molecular complexity index is 1040. The summed E-state index contributed by atoms with van der Waals surface area (Å²) in [6.07, 6.45) is 0. The molecule has 1 unspecified atom stereocenters. The topological polar surface area (TPSA) is 74.8 Å². The Balaban J connectivity index is 2.09. The Morgan fingerprint density at radius 2 is 1.80 bits per heavy atom. The minimum atomic E-state index is -4.10. The molecule has 4 rings (SSSR count). The molecule has 0 N–H and O–H groups in total. The number of amides is 2. The van der Waals surface area contributed by atoms with E-state index in [1.54, 1.807) is 42.5 Å². The summed E-state index contributed by atoms with van der Waals surface area (Å²) in [5.41, 5.74) is 1.03. The quantitative estimate of drug-likeness (QED) is 0.762. The van der Waals surface area contributed by atoms with E-state index in [1.165, 1.54) is 18.0 Å². The average Bonchev–Trinajstić information content (AvgIpc) is 2.92. The van der Waals surface area contributed by atoms with Crippen LogP contribution in [0.1, 0.15) is 5.56 Å². The first-order valence-electron chi connectivity index (χ1n) is 7.49. The third kappa shape index (κ3) is 1.88. The lowest BCUT2D eigenvalue weighted by molar-refractivity contribution is -0.123. The van der Waals surface area contributed by atoms with Gasteiger partial charge in [0.2, 0.25) is 5.91 Å². The second kappa shape index (κ2) is 5.06. The molecule has 0 radical (unpaired) electrons. The molecule has 6 nitrogen and oxygen atoms in total. The number of halogens is 1. The maximum atomic E-state index is 13.1. The smallest absolute Gasteiger partial charge is 0.273 e. The minimum absolute atomic E-state index is 0.275. The van der Waals surface area contributed by atoms with Crippen molar-refractivity contribution in [1.29, 1.82) is 0 Å². The van der Waals surface area contributed by atoms with Gasteiger partial charge in [0.1, 0.15) is 5.75 Å². The molecule has 0 bridgehead atoms. The molecule has 2 amide bonds. The van der Waals surface area contributed by atoms with E-state index in [2.05, 4.69) is 0 Å². The molecule has 1 fully saturated rings. The van der Waals surface area contributed by atoms with Crippen LogP contribution in [0.2, 0.25) is 5.02 Å². The number of sulfone groups is 1. The highest BCUT2D eigenvalue weighted by molar-refractivity contribution is 7.94. The number of carbonyl (C=O) groups is 2. The van der Waals surface area contributed by atoms with Gasteiger partial charge in [0.15, 0.2) is 9.84 Å². The second-order valence-electron chi connectivity index (χ2n) is 5.99. The molecule has 1 saturated heterocycles. The number of nitrogens with zero attached hydrogens (tertiary/aromatic N) is 2. The maximum absolute atomic E-state index is 13.1. The second-order valence-corrected chi connectivity index (χ2v) is 8.54. The first-order chi connectivity index (χ1) is 11.8. The van der Waals surface area contributed by atoms with Gasteiger partial charge in [-0.1, -0.05) is 35.9 Å². The van der Waals surface area contributed by atoms with Crippen LogP contribution in [-0.4, -0.2) is 33.0 Å². The largest absolute Gasteiger partial charge is 0.312 e. The number of benzene rings is 2. The van der Waals surface area contributed by atoms with Crippen LogP contribution in [0.15, 0.2) is 48.5 Å².